The number of aromatic nitrogens is 3. The molecule has 1 fully saturated rings. The molecule has 2 aromatic heterocycles. The number of nitrogens with one attached hydrogen (secondary N) is 2. The van der Waals surface area contributed by atoms with Gasteiger partial charge in [0.15, 0.2) is 0 Å². The van der Waals surface area contributed by atoms with Gasteiger partial charge in [0.2, 0.25) is 5.95 Å². The van der Waals surface area contributed by atoms with Gasteiger partial charge in [0.1, 0.15) is 11.6 Å². The van der Waals surface area contributed by atoms with E-state index in [9.17, 15) is 0 Å². The number of rotatable bonds is 9. The molecular weight excluding hydrogens is 448 g/mol. The van der Waals surface area contributed by atoms with E-state index in [4.69, 9.17) is 9.72 Å². The first-order chi connectivity index (χ1) is 17.8. The number of methoxy groups -OCH3 is 1. The van der Waals surface area contributed by atoms with E-state index in [0.717, 1.165) is 60.7 Å². The summed E-state index contributed by atoms with van der Waals surface area (Å²) in [7, 11) is 1.68. The highest BCUT2D eigenvalue weighted by molar-refractivity contribution is 5.75. The summed E-state index contributed by atoms with van der Waals surface area (Å²) >= 11 is 0. The Morgan fingerprint density at radius 3 is 2.39 bits per heavy atom. The summed E-state index contributed by atoms with van der Waals surface area (Å²) in [5.41, 5.74) is 4.54. The first kappa shape index (κ1) is 23.8. The first-order valence-electron chi connectivity index (χ1n) is 12.4. The molecule has 2 aromatic carbocycles. The SMILES string of the molecule is COc1ccc(-c2cnc(NCc3ccncc3)nc2NC2CCN(Cc3ccccc3)CC2)cc1. The second-order valence-corrected chi connectivity index (χ2v) is 9.07. The van der Waals surface area contributed by atoms with Crippen molar-refractivity contribution in [2.24, 2.45) is 0 Å². The van der Waals surface area contributed by atoms with Gasteiger partial charge in [-0.15, -0.1) is 0 Å². The number of hydrogen-bond donors (Lipinski definition) is 2. The van der Waals surface area contributed by atoms with Crippen molar-refractivity contribution in [2.45, 2.75) is 32.0 Å². The van der Waals surface area contributed by atoms with E-state index in [0.29, 0.717) is 18.5 Å². The van der Waals surface area contributed by atoms with Crippen molar-refractivity contribution in [3.8, 4) is 16.9 Å². The van der Waals surface area contributed by atoms with E-state index in [1.54, 1.807) is 19.5 Å². The third-order valence-corrected chi connectivity index (χ3v) is 6.57. The Hall–Kier alpha value is -3.97. The lowest BCUT2D eigenvalue weighted by atomic mass is 10.0. The summed E-state index contributed by atoms with van der Waals surface area (Å²) in [5.74, 6) is 2.29. The van der Waals surface area contributed by atoms with Crippen molar-refractivity contribution < 1.29 is 4.74 Å². The van der Waals surface area contributed by atoms with Crippen LogP contribution in [0.3, 0.4) is 0 Å². The van der Waals surface area contributed by atoms with Crippen LogP contribution in [0.2, 0.25) is 0 Å². The fourth-order valence-electron chi connectivity index (χ4n) is 4.51. The van der Waals surface area contributed by atoms with Gasteiger partial charge in [-0.25, -0.2) is 4.98 Å². The van der Waals surface area contributed by atoms with E-state index in [1.165, 1.54) is 5.56 Å². The molecule has 0 aliphatic carbocycles. The van der Waals surface area contributed by atoms with Crippen LogP contribution in [0.5, 0.6) is 5.75 Å². The fourth-order valence-corrected chi connectivity index (χ4v) is 4.51. The van der Waals surface area contributed by atoms with Crippen LogP contribution in [0.25, 0.3) is 11.1 Å². The van der Waals surface area contributed by atoms with Gasteiger partial charge in [-0.2, -0.15) is 4.98 Å². The third-order valence-electron chi connectivity index (χ3n) is 6.57. The number of hydrogen-bond acceptors (Lipinski definition) is 7. The van der Waals surface area contributed by atoms with E-state index in [2.05, 4.69) is 68.0 Å². The van der Waals surface area contributed by atoms with Gasteiger partial charge >= 0.3 is 0 Å². The molecule has 0 atom stereocenters. The van der Waals surface area contributed by atoms with Gasteiger partial charge in [-0.3, -0.25) is 9.88 Å². The number of anilines is 2. The standard InChI is InChI=1S/C29H32N6O/c1-36-26-9-7-24(8-10-26)27-20-32-29(31-19-22-11-15-30-16-12-22)34-28(27)33-25-13-17-35(18-14-25)21-23-5-3-2-4-6-23/h2-12,15-16,20,25H,13-14,17-19,21H2,1H3,(H2,31,32,33,34). The Labute approximate surface area is 212 Å². The second-order valence-electron chi connectivity index (χ2n) is 9.07. The Morgan fingerprint density at radius 2 is 1.67 bits per heavy atom. The molecule has 3 heterocycles. The van der Waals surface area contributed by atoms with Crippen LogP contribution in [0.1, 0.15) is 24.0 Å². The van der Waals surface area contributed by atoms with Crippen LogP contribution in [-0.4, -0.2) is 46.1 Å². The Bertz CT molecular complexity index is 1230. The van der Waals surface area contributed by atoms with Crippen molar-refractivity contribution >= 4 is 11.8 Å². The molecule has 0 unspecified atom stereocenters. The molecule has 0 spiro atoms. The summed E-state index contributed by atoms with van der Waals surface area (Å²) in [6, 6.07) is 23.1. The Balaban J connectivity index is 1.30. The van der Waals surface area contributed by atoms with Crippen molar-refractivity contribution in [1.29, 1.82) is 0 Å². The molecule has 7 heteroatoms. The van der Waals surface area contributed by atoms with Crippen molar-refractivity contribution in [2.75, 3.05) is 30.8 Å². The maximum Gasteiger partial charge on any atom is 0.224 e. The lowest BCUT2D eigenvalue weighted by Crippen LogP contribution is -2.38. The first-order valence-corrected chi connectivity index (χ1v) is 12.4. The number of pyridine rings is 1. The van der Waals surface area contributed by atoms with Crippen LogP contribution < -0.4 is 15.4 Å². The summed E-state index contributed by atoms with van der Waals surface area (Å²) < 4.78 is 5.34. The average Bonchev–Trinajstić information content (AvgIpc) is 2.94. The normalized spacial score (nSPS) is 14.4. The minimum absolute atomic E-state index is 0.358. The molecule has 1 aliphatic rings. The maximum absolute atomic E-state index is 5.34. The molecular formula is C29H32N6O. The highest BCUT2D eigenvalue weighted by Crippen LogP contribution is 2.30. The smallest absolute Gasteiger partial charge is 0.224 e. The predicted molar refractivity (Wildman–Crippen MR) is 144 cm³/mol. The van der Waals surface area contributed by atoms with Gasteiger partial charge in [0, 0.05) is 56.4 Å². The number of likely N-dealkylation sites (tertiary alicyclic amines) is 1. The fraction of sp³-hybridized carbons (Fsp3) is 0.276. The topological polar surface area (TPSA) is 75.2 Å². The van der Waals surface area contributed by atoms with Gasteiger partial charge in [-0.05, 0) is 53.8 Å². The van der Waals surface area contributed by atoms with Gasteiger partial charge in [0.25, 0.3) is 0 Å². The molecule has 184 valence electrons. The molecule has 0 saturated carbocycles. The largest absolute Gasteiger partial charge is 0.497 e. The Morgan fingerprint density at radius 1 is 0.917 bits per heavy atom. The third kappa shape index (κ3) is 6.17. The highest BCUT2D eigenvalue weighted by Gasteiger charge is 2.21. The minimum atomic E-state index is 0.358. The Kier molecular flexibility index (Phi) is 7.68. The van der Waals surface area contributed by atoms with Crippen LogP contribution in [0.15, 0.2) is 85.3 Å². The maximum atomic E-state index is 5.34. The van der Waals surface area contributed by atoms with Gasteiger partial charge < -0.3 is 15.4 Å². The highest BCUT2D eigenvalue weighted by atomic mass is 16.5. The lowest BCUT2D eigenvalue weighted by molar-refractivity contribution is 0.211. The zero-order valence-corrected chi connectivity index (χ0v) is 20.6. The number of ether oxygens (including phenoxy) is 1. The van der Waals surface area contributed by atoms with Crippen LogP contribution in [0, 0.1) is 0 Å². The number of benzene rings is 2. The predicted octanol–water partition coefficient (Wildman–Crippen LogP) is 5.24. The molecule has 0 amide bonds. The number of nitrogens with zero attached hydrogens (tertiary/aromatic N) is 4. The van der Waals surface area contributed by atoms with Crippen LogP contribution in [-0.2, 0) is 13.1 Å². The molecule has 1 aliphatic heterocycles. The zero-order chi connectivity index (χ0) is 24.6. The monoisotopic (exact) mass is 480 g/mol. The van der Waals surface area contributed by atoms with Gasteiger partial charge in [0.05, 0.1) is 7.11 Å². The van der Waals surface area contributed by atoms with Gasteiger partial charge in [-0.1, -0.05) is 42.5 Å². The molecule has 0 bridgehead atoms. The minimum Gasteiger partial charge on any atom is -0.497 e. The van der Waals surface area contributed by atoms with Crippen molar-refractivity contribution in [3.05, 3.63) is 96.4 Å². The summed E-state index contributed by atoms with van der Waals surface area (Å²) in [6.07, 6.45) is 7.62. The zero-order valence-electron chi connectivity index (χ0n) is 20.6. The van der Waals surface area contributed by atoms with E-state index >= 15 is 0 Å². The molecule has 4 aromatic rings. The van der Waals surface area contributed by atoms with Crippen LogP contribution >= 0.6 is 0 Å². The second kappa shape index (κ2) is 11.6. The summed E-state index contributed by atoms with van der Waals surface area (Å²) in [6.45, 7) is 3.76. The van der Waals surface area contributed by atoms with E-state index in [1.807, 2.05) is 30.5 Å². The summed E-state index contributed by atoms with van der Waals surface area (Å²) in [5, 5.41) is 7.09. The molecule has 7 nitrogen and oxygen atoms in total. The molecule has 0 radical (unpaired) electrons. The van der Waals surface area contributed by atoms with E-state index < -0.39 is 0 Å². The van der Waals surface area contributed by atoms with Crippen LogP contribution in [0.4, 0.5) is 11.8 Å². The lowest BCUT2D eigenvalue weighted by Gasteiger charge is -2.33. The average molecular weight is 481 g/mol. The quantitative estimate of drug-likeness (QED) is 0.339. The van der Waals surface area contributed by atoms with Crippen molar-refractivity contribution in [3.63, 3.8) is 0 Å². The van der Waals surface area contributed by atoms with E-state index in [-0.39, 0.29) is 0 Å². The molecule has 36 heavy (non-hydrogen) atoms. The molecule has 5 rings (SSSR count). The summed E-state index contributed by atoms with van der Waals surface area (Å²) in [4.78, 5) is 16.1. The van der Waals surface area contributed by atoms with Crippen molar-refractivity contribution in [1.82, 2.24) is 19.9 Å². The molecule has 2 N–H and O–H groups in total. The molecule has 1 saturated heterocycles. The number of piperidine rings is 1.